The second-order valence-electron chi connectivity index (χ2n) is 4.19. The van der Waals surface area contributed by atoms with Crippen molar-refractivity contribution in [1.29, 1.82) is 0 Å². The molecule has 0 amide bonds. The van der Waals surface area contributed by atoms with Gasteiger partial charge in [-0.05, 0) is 23.8 Å². The average molecular weight is 338 g/mol. The standard InChI is InChI=1S/C14H12BrNO4/c1-16-7-6-11(12(13(16)17)14(18)19)20-8-9-2-4-10(15)5-3-9/h2-7H,8H2,1H3,(H,18,19). The molecule has 5 nitrogen and oxygen atoms in total. The van der Waals surface area contributed by atoms with E-state index in [1.54, 1.807) is 0 Å². The van der Waals surface area contributed by atoms with Gasteiger partial charge in [-0.25, -0.2) is 4.79 Å². The first-order valence-corrected chi connectivity index (χ1v) is 6.58. The zero-order valence-electron chi connectivity index (χ0n) is 10.7. The Labute approximate surface area is 123 Å². The molecule has 2 rings (SSSR count). The number of benzene rings is 1. The van der Waals surface area contributed by atoms with Crippen molar-refractivity contribution in [3.63, 3.8) is 0 Å². The van der Waals surface area contributed by atoms with Crippen LogP contribution in [0, 0.1) is 0 Å². The number of aromatic carboxylic acids is 1. The minimum atomic E-state index is -1.29. The molecule has 0 aliphatic heterocycles. The smallest absolute Gasteiger partial charge is 0.345 e. The van der Waals surface area contributed by atoms with Gasteiger partial charge >= 0.3 is 5.97 Å². The Balaban J connectivity index is 2.26. The predicted molar refractivity (Wildman–Crippen MR) is 77.1 cm³/mol. The molecular weight excluding hydrogens is 326 g/mol. The fourth-order valence-electron chi connectivity index (χ4n) is 1.67. The van der Waals surface area contributed by atoms with E-state index in [1.165, 1.54) is 23.9 Å². The minimum Gasteiger partial charge on any atom is -0.488 e. The summed E-state index contributed by atoms with van der Waals surface area (Å²) in [4.78, 5) is 22.9. The van der Waals surface area contributed by atoms with Crippen LogP contribution in [0.5, 0.6) is 5.75 Å². The van der Waals surface area contributed by atoms with Gasteiger partial charge in [0.25, 0.3) is 5.56 Å². The molecule has 1 N–H and O–H groups in total. The highest BCUT2D eigenvalue weighted by Crippen LogP contribution is 2.17. The Hall–Kier alpha value is -2.08. The van der Waals surface area contributed by atoms with Gasteiger partial charge in [-0.1, -0.05) is 28.1 Å². The Morgan fingerprint density at radius 2 is 1.95 bits per heavy atom. The van der Waals surface area contributed by atoms with Crippen LogP contribution < -0.4 is 10.3 Å². The molecule has 1 aromatic carbocycles. The van der Waals surface area contributed by atoms with Crippen LogP contribution in [0.4, 0.5) is 0 Å². The van der Waals surface area contributed by atoms with E-state index in [4.69, 9.17) is 9.84 Å². The second-order valence-corrected chi connectivity index (χ2v) is 5.11. The highest BCUT2D eigenvalue weighted by Gasteiger charge is 2.17. The lowest BCUT2D eigenvalue weighted by Crippen LogP contribution is -2.24. The number of aryl methyl sites for hydroxylation is 1. The van der Waals surface area contributed by atoms with E-state index >= 15 is 0 Å². The number of carboxylic acids is 1. The van der Waals surface area contributed by atoms with Gasteiger partial charge < -0.3 is 14.4 Å². The summed E-state index contributed by atoms with van der Waals surface area (Å²) >= 11 is 3.33. The molecule has 6 heteroatoms. The predicted octanol–water partition coefficient (Wildman–Crippen LogP) is 2.42. The van der Waals surface area contributed by atoms with Crippen molar-refractivity contribution in [3.8, 4) is 5.75 Å². The number of carboxylic acid groups (broad SMARTS) is 1. The number of carbonyl (C=O) groups is 1. The molecule has 0 atom stereocenters. The van der Waals surface area contributed by atoms with Gasteiger partial charge in [0.15, 0.2) is 5.56 Å². The molecule has 0 saturated carbocycles. The number of ether oxygens (including phenoxy) is 1. The Morgan fingerprint density at radius 1 is 1.30 bits per heavy atom. The van der Waals surface area contributed by atoms with Crippen LogP contribution in [0.2, 0.25) is 0 Å². The van der Waals surface area contributed by atoms with Gasteiger partial charge in [0.1, 0.15) is 12.4 Å². The molecule has 0 aliphatic carbocycles. The molecule has 0 bridgehead atoms. The number of pyridine rings is 1. The summed E-state index contributed by atoms with van der Waals surface area (Å²) in [7, 11) is 1.49. The number of aromatic nitrogens is 1. The van der Waals surface area contributed by atoms with Crippen LogP contribution in [0.1, 0.15) is 15.9 Å². The van der Waals surface area contributed by atoms with E-state index in [2.05, 4.69) is 15.9 Å². The van der Waals surface area contributed by atoms with Gasteiger partial charge in [-0.15, -0.1) is 0 Å². The summed E-state index contributed by atoms with van der Waals surface area (Å²) in [6, 6.07) is 8.91. The maximum atomic E-state index is 11.8. The van der Waals surface area contributed by atoms with E-state index in [0.717, 1.165) is 10.0 Å². The largest absolute Gasteiger partial charge is 0.488 e. The molecule has 0 spiro atoms. The lowest BCUT2D eigenvalue weighted by Gasteiger charge is -2.10. The van der Waals surface area contributed by atoms with E-state index < -0.39 is 11.5 Å². The van der Waals surface area contributed by atoms with Crippen LogP contribution >= 0.6 is 15.9 Å². The number of rotatable bonds is 4. The molecule has 1 heterocycles. The van der Waals surface area contributed by atoms with Crippen LogP contribution in [-0.4, -0.2) is 15.6 Å². The molecule has 0 fully saturated rings. The van der Waals surface area contributed by atoms with Gasteiger partial charge in [-0.2, -0.15) is 0 Å². The van der Waals surface area contributed by atoms with E-state index in [-0.39, 0.29) is 17.9 Å². The van der Waals surface area contributed by atoms with Crippen LogP contribution in [0.15, 0.2) is 45.8 Å². The van der Waals surface area contributed by atoms with Crippen molar-refractivity contribution >= 4 is 21.9 Å². The lowest BCUT2D eigenvalue weighted by molar-refractivity contribution is 0.0689. The Bertz CT molecular complexity index is 691. The van der Waals surface area contributed by atoms with Crippen molar-refractivity contribution in [2.45, 2.75) is 6.61 Å². The fourth-order valence-corrected chi connectivity index (χ4v) is 1.94. The van der Waals surface area contributed by atoms with Gasteiger partial charge in [-0.3, -0.25) is 4.79 Å². The highest BCUT2D eigenvalue weighted by atomic mass is 79.9. The van der Waals surface area contributed by atoms with Crippen LogP contribution in [0.25, 0.3) is 0 Å². The quantitative estimate of drug-likeness (QED) is 0.930. The first-order chi connectivity index (χ1) is 9.49. The van der Waals surface area contributed by atoms with Crippen molar-refractivity contribution < 1.29 is 14.6 Å². The summed E-state index contributed by atoms with van der Waals surface area (Å²) in [5.74, 6) is -1.22. The minimum absolute atomic E-state index is 0.0727. The van der Waals surface area contributed by atoms with Crippen LogP contribution in [-0.2, 0) is 13.7 Å². The molecule has 20 heavy (non-hydrogen) atoms. The zero-order valence-corrected chi connectivity index (χ0v) is 12.3. The highest BCUT2D eigenvalue weighted by molar-refractivity contribution is 9.10. The molecule has 0 unspecified atom stereocenters. The van der Waals surface area contributed by atoms with Crippen molar-refractivity contribution in [3.05, 3.63) is 62.5 Å². The summed E-state index contributed by atoms with van der Waals surface area (Å²) in [6.07, 6.45) is 1.48. The first kappa shape index (κ1) is 14.3. The SMILES string of the molecule is Cn1ccc(OCc2ccc(Br)cc2)c(C(=O)O)c1=O. The number of hydrogen-bond donors (Lipinski definition) is 1. The first-order valence-electron chi connectivity index (χ1n) is 5.79. The maximum absolute atomic E-state index is 11.8. The van der Waals surface area contributed by atoms with E-state index in [9.17, 15) is 9.59 Å². The summed E-state index contributed by atoms with van der Waals surface area (Å²) < 4.78 is 7.60. The Morgan fingerprint density at radius 3 is 2.55 bits per heavy atom. The molecule has 1 aromatic heterocycles. The third-order valence-corrected chi connectivity index (χ3v) is 3.28. The van der Waals surface area contributed by atoms with Crippen LogP contribution in [0.3, 0.4) is 0 Å². The van der Waals surface area contributed by atoms with Crippen molar-refractivity contribution in [2.24, 2.45) is 7.05 Å². The number of halogens is 1. The summed E-state index contributed by atoms with van der Waals surface area (Å²) in [6.45, 7) is 0.195. The Kier molecular flexibility index (Phi) is 4.24. The van der Waals surface area contributed by atoms with E-state index in [0.29, 0.717) is 0 Å². The van der Waals surface area contributed by atoms with Crippen molar-refractivity contribution in [1.82, 2.24) is 4.57 Å². The topological polar surface area (TPSA) is 68.5 Å². The molecular formula is C14H12BrNO4. The molecule has 0 saturated heterocycles. The maximum Gasteiger partial charge on any atom is 0.345 e. The van der Waals surface area contributed by atoms with E-state index in [1.807, 2.05) is 24.3 Å². The lowest BCUT2D eigenvalue weighted by atomic mass is 10.2. The van der Waals surface area contributed by atoms with Gasteiger partial charge in [0, 0.05) is 17.7 Å². The zero-order chi connectivity index (χ0) is 14.7. The average Bonchev–Trinajstić information content (AvgIpc) is 2.41. The van der Waals surface area contributed by atoms with Crippen molar-refractivity contribution in [2.75, 3.05) is 0 Å². The number of nitrogens with zero attached hydrogens (tertiary/aromatic N) is 1. The monoisotopic (exact) mass is 337 g/mol. The second kappa shape index (κ2) is 5.92. The fraction of sp³-hybridized carbons (Fsp3) is 0.143. The third-order valence-electron chi connectivity index (χ3n) is 2.75. The third kappa shape index (κ3) is 3.08. The molecule has 0 radical (unpaired) electrons. The normalized spacial score (nSPS) is 10.3. The van der Waals surface area contributed by atoms with Gasteiger partial charge in [0.05, 0.1) is 0 Å². The molecule has 104 valence electrons. The summed E-state index contributed by atoms with van der Waals surface area (Å²) in [5, 5.41) is 9.10. The molecule has 0 aliphatic rings. The van der Waals surface area contributed by atoms with Gasteiger partial charge in [0.2, 0.25) is 0 Å². The molecule has 2 aromatic rings. The summed E-state index contributed by atoms with van der Waals surface area (Å²) in [5.41, 5.74) is -0.0665. The number of hydrogen-bond acceptors (Lipinski definition) is 3.